The zero-order valence-electron chi connectivity index (χ0n) is 10.8. The van der Waals surface area contributed by atoms with E-state index in [-0.39, 0.29) is 11.7 Å². The summed E-state index contributed by atoms with van der Waals surface area (Å²) in [7, 11) is 0. The summed E-state index contributed by atoms with van der Waals surface area (Å²) >= 11 is 15.5. The summed E-state index contributed by atoms with van der Waals surface area (Å²) in [5, 5.41) is 0.468. The standard InChI is InChI=1S/C16H14BrCl2F/c17-13-6-4-11(5-7-13)8-12(10-18)9-14-15(19)2-1-3-16(14)20/h1-7,12H,8-10H2. The molecule has 0 aliphatic rings. The highest BCUT2D eigenvalue weighted by Gasteiger charge is 2.15. The van der Waals surface area contributed by atoms with Gasteiger partial charge in [0.05, 0.1) is 0 Å². The minimum atomic E-state index is -0.261. The minimum absolute atomic E-state index is 0.159. The Kier molecular flexibility index (Phi) is 5.88. The molecule has 0 N–H and O–H groups in total. The van der Waals surface area contributed by atoms with Crippen LogP contribution in [0.3, 0.4) is 0 Å². The Balaban J connectivity index is 2.11. The molecule has 20 heavy (non-hydrogen) atoms. The maximum absolute atomic E-state index is 13.8. The van der Waals surface area contributed by atoms with E-state index >= 15 is 0 Å². The molecule has 0 saturated carbocycles. The van der Waals surface area contributed by atoms with E-state index in [2.05, 4.69) is 15.9 Å². The number of benzene rings is 2. The molecular formula is C16H14BrCl2F. The zero-order chi connectivity index (χ0) is 14.5. The summed E-state index contributed by atoms with van der Waals surface area (Å²) in [6, 6.07) is 12.9. The molecule has 0 bridgehead atoms. The Bertz CT molecular complexity index is 549. The Labute approximate surface area is 137 Å². The molecule has 0 spiro atoms. The number of alkyl halides is 1. The second-order valence-electron chi connectivity index (χ2n) is 4.76. The van der Waals surface area contributed by atoms with Gasteiger partial charge in [-0.2, -0.15) is 0 Å². The predicted molar refractivity (Wildman–Crippen MR) is 87.2 cm³/mol. The van der Waals surface area contributed by atoms with Crippen molar-refractivity contribution in [2.75, 3.05) is 5.88 Å². The fraction of sp³-hybridized carbons (Fsp3) is 0.250. The van der Waals surface area contributed by atoms with Gasteiger partial charge in [-0.05, 0) is 48.6 Å². The van der Waals surface area contributed by atoms with Gasteiger partial charge in [-0.15, -0.1) is 11.6 Å². The van der Waals surface area contributed by atoms with Crippen molar-refractivity contribution in [3.05, 3.63) is 68.9 Å². The maximum atomic E-state index is 13.8. The van der Waals surface area contributed by atoms with Crippen LogP contribution in [0.2, 0.25) is 5.02 Å². The van der Waals surface area contributed by atoms with E-state index in [4.69, 9.17) is 23.2 Å². The molecule has 2 aromatic carbocycles. The first-order chi connectivity index (χ1) is 9.60. The van der Waals surface area contributed by atoms with E-state index in [1.165, 1.54) is 11.6 Å². The van der Waals surface area contributed by atoms with Gasteiger partial charge in [0.2, 0.25) is 0 Å². The number of hydrogen-bond acceptors (Lipinski definition) is 0. The molecule has 0 radical (unpaired) electrons. The zero-order valence-corrected chi connectivity index (χ0v) is 13.8. The summed E-state index contributed by atoms with van der Waals surface area (Å²) in [6.45, 7) is 0. The molecular weight excluding hydrogens is 362 g/mol. The average molecular weight is 376 g/mol. The topological polar surface area (TPSA) is 0 Å². The van der Waals surface area contributed by atoms with E-state index in [1.807, 2.05) is 24.3 Å². The number of halogens is 4. The van der Waals surface area contributed by atoms with Crippen molar-refractivity contribution in [1.29, 1.82) is 0 Å². The van der Waals surface area contributed by atoms with Crippen LogP contribution in [0.25, 0.3) is 0 Å². The lowest BCUT2D eigenvalue weighted by Gasteiger charge is -2.15. The van der Waals surface area contributed by atoms with Gasteiger partial charge in [-0.1, -0.05) is 45.7 Å². The lowest BCUT2D eigenvalue weighted by molar-refractivity contribution is 0.546. The lowest BCUT2D eigenvalue weighted by Crippen LogP contribution is -2.11. The number of rotatable bonds is 5. The van der Waals surface area contributed by atoms with Gasteiger partial charge in [0.25, 0.3) is 0 Å². The van der Waals surface area contributed by atoms with Gasteiger partial charge < -0.3 is 0 Å². The first kappa shape index (κ1) is 15.8. The molecule has 1 unspecified atom stereocenters. The van der Waals surface area contributed by atoms with E-state index in [0.717, 1.165) is 10.9 Å². The van der Waals surface area contributed by atoms with Crippen molar-refractivity contribution >= 4 is 39.1 Å². The first-order valence-electron chi connectivity index (χ1n) is 6.33. The van der Waals surface area contributed by atoms with Crippen molar-refractivity contribution in [1.82, 2.24) is 0 Å². The van der Waals surface area contributed by atoms with Crippen LogP contribution in [0.1, 0.15) is 11.1 Å². The third-order valence-electron chi connectivity index (χ3n) is 3.21. The van der Waals surface area contributed by atoms with Crippen LogP contribution in [0.4, 0.5) is 4.39 Å². The fourth-order valence-corrected chi connectivity index (χ4v) is 2.87. The third kappa shape index (κ3) is 4.21. The maximum Gasteiger partial charge on any atom is 0.127 e. The van der Waals surface area contributed by atoms with E-state index in [0.29, 0.717) is 22.9 Å². The Hall–Kier alpha value is -0.570. The lowest BCUT2D eigenvalue weighted by atomic mass is 9.94. The molecule has 0 aromatic heterocycles. The average Bonchev–Trinajstić information content (AvgIpc) is 2.44. The van der Waals surface area contributed by atoms with Crippen LogP contribution in [0.5, 0.6) is 0 Å². The second-order valence-corrected chi connectivity index (χ2v) is 6.39. The molecule has 2 rings (SSSR count). The Morgan fingerprint density at radius 3 is 2.35 bits per heavy atom. The van der Waals surface area contributed by atoms with Gasteiger partial charge in [-0.3, -0.25) is 0 Å². The van der Waals surface area contributed by atoms with Crippen LogP contribution in [-0.4, -0.2) is 5.88 Å². The summed E-state index contributed by atoms with van der Waals surface area (Å²) in [6.07, 6.45) is 1.35. The quantitative estimate of drug-likeness (QED) is 0.572. The molecule has 0 aliphatic heterocycles. The van der Waals surface area contributed by atoms with Gasteiger partial charge in [0.15, 0.2) is 0 Å². The molecule has 0 heterocycles. The van der Waals surface area contributed by atoms with Crippen molar-refractivity contribution in [2.45, 2.75) is 12.8 Å². The number of hydrogen-bond donors (Lipinski definition) is 0. The normalized spacial score (nSPS) is 12.4. The summed E-state index contributed by atoms with van der Waals surface area (Å²) in [5.74, 6) is 0.372. The van der Waals surface area contributed by atoms with Gasteiger partial charge in [-0.25, -0.2) is 4.39 Å². The molecule has 0 saturated heterocycles. The van der Waals surface area contributed by atoms with E-state index < -0.39 is 0 Å². The molecule has 4 heteroatoms. The summed E-state index contributed by atoms with van der Waals surface area (Å²) < 4.78 is 14.8. The third-order valence-corrected chi connectivity index (χ3v) is 4.53. The van der Waals surface area contributed by atoms with Crippen molar-refractivity contribution in [3.63, 3.8) is 0 Å². The molecule has 0 fully saturated rings. The largest absolute Gasteiger partial charge is 0.207 e. The van der Waals surface area contributed by atoms with Crippen LogP contribution in [0.15, 0.2) is 46.9 Å². The molecule has 0 nitrogen and oxygen atoms in total. The Morgan fingerprint density at radius 2 is 1.75 bits per heavy atom. The molecule has 106 valence electrons. The highest BCUT2D eigenvalue weighted by molar-refractivity contribution is 9.10. The highest BCUT2D eigenvalue weighted by atomic mass is 79.9. The first-order valence-corrected chi connectivity index (χ1v) is 8.04. The molecule has 0 amide bonds. The Morgan fingerprint density at radius 1 is 1.05 bits per heavy atom. The van der Waals surface area contributed by atoms with Crippen molar-refractivity contribution < 1.29 is 4.39 Å². The molecule has 0 aliphatic carbocycles. The van der Waals surface area contributed by atoms with E-state index in [1.54, 1.807) is 12.1 Å². The van der Waals surface area contributed by atoms with Gasteiger partial charge in [0.1, 0.15) is 5.82 Å². The van der Waals surface area contributed by atoms with Crippen LogP contribution in [0, 0.1) is 11.7 Å². The van der Waals surface area contributed by atoms with E-state index in [9.17, 15) is 4.39 Å². The fourth-order valence-electron chi connectivity index (χ4n) is 2.15. The highest BCUT2D eigenvalue weighted by Crippen LogP contribution is 2.25. The monoisotopic (exact) mass is 374 g/mol. The van der Waals surface area contributed by atoms with Crippen molar-refractivity contribution in [3.8, 4) is 0 Å². The second kappa shape index (κ2) is 7.44. The van der Waals surface area contributed by atoms with Gasteiger partial charge in [0, 0.05) is 20.9 Å². The minimum Gasteiger partial charge on any atom is -0.207 e. The summed E-state index contributed by atoms with van der Waals surface area (Å²) in [4.78, 5) is 0. The van der Waals surface area contributed by atoms with Crippen LogP contribution < -0.4 is 0 Å². The van der Waals surface area contributed by atoms with Crippen LogP contribution in [-0.2, 0) is 12.8 Å². The molecule has 2 aromatic rings. The SMILES string of the molecule is Fc1cccc(Cl)c1CC(CCl)Cc1ccc(Br)cc1. The molecule has 1 atom stereocenters. The summed E-state index contributed by atoms with van der Waals surface area (Å²) in [5.41, 5.74) is 1.74. The smallest absolute Gasteiger partial charge is 0.127 e. The van der Waals surface area contributed by atoms with Crippen molar-refractivity contribution in [2.24, 2.45) is 5.92 Å². The predicted octanol–water partition coefficient (Wildman–Crippen LogP) is 5.88. The van der Waals surface area contributed by atoms with Crippen LogP contribution >= 0.6 is 39.1 Å². The van der Waals surface area contributed by atoms with Gasteiger partial charge >= 0.3 is 0 Å².